The number of hydrogen-bond donors (Lipinski definition) is 2. The summed E-state index contributed by atoms with van der Waals surface area (Å²) in [5.41, 5.74) is -0.388. The highest BCUT2D eigenvalue weighted by molar-refractivity contribution is 5.91. The van der Waals surface area contributed by atoms with Gasteiger partial charge >= 0.3 is 6.18 Å². The van der Waals surface area contributed by atoms with Crippen molar-refractivity contribution in [1.29, 1.82) is 0 Å². The molecule has 2 N–H and O–H groups in total. The Balaban J connectivity index is 1.74. The van der Waals surface area contributed by atoms with E-state index in [0.717, 1.165) is 38.2 Å². The van der Waals surface area contributed by atoms with Crippen LogP contribution in [0, 0.1) is 5.92 Å². The van der Waals surface area contributed by atoms with Crippen LogP contribution in [0.4, 0.5) is 19.0 Å². The van der Waals surface area contributed by atoms with Gasteiger partial charge in [0, 0.05) is 18.5 Å². The van der Waals surface area contributed by atoms with Crippen molar-refractivity contribution in [3.63, 3.8) is 0 Å². The monoisotopic (exact) mass is 409 g/mol. The highest BCUT2D eigenvalue weighted by Gasteiger charge is 2.39. The molecule has 1 saturated heterocycles. The molecular formula is C20H26F3N5O. The second kappa shape index (κ2) is 7.50. The van der Waals surface area contributed by atoms with Gasteiger partial charge in [-0.1, -0.05) is 12.8 Å². The van der Waals surface area contributed by atoms with Crippen molar-refractivity contribution < 1.29 is 18.0 Å². The van der Waals surface area contributed by atoms with Crippen molar-refractivity contribution in [2.75, 3.05) is 11.9 Å². The summed E-state index contributed by atoms with van der Waals surface area (Å²) in [4.78, 5) is 19.2. The van der Waals surface area contributed by atoms with E-state index in [1.165, 1.54) is 0 Å². The number of aromatic amines is 1. The molecule has 3 heterocycles. The van der Waals surface area contributed by atoms with Crippen LogP contribution in [-0.4, -0.2) is 38.6 Å². The van der Waals surface area contributed by atoms with Crippen molar-refractivity contribution >= 4 is 22.8 Å². The Morgan fingerprint density at radius 2 is 1.97 bits per heavy atom. The van der Waals surface area contributed by atoms with Crippen LogP contribution in [0.15, 0.2) is 6.07 Å². The van der Waals surface area contributed by atoms with Gasteiger partial charge in [-0.15, -0.1) is 0 Å². The second-order valence-corrected chi connectivity index (χ2v) is 8.36. The molecule has 2 aromatic rings. The fraction of sp³-hybridized carbons (Fsp3) is 0.650. The number of carbonyl (C=O) groups is 1. The number of nitrogens with one attached hydrogen (secondary N) is 2. The van der Waals surface area contributed by atoms with Gasteiger partial charge in [-0.25, -0.2) is 4.98 Å². The number of anilines is 1. The summed E-state index contributed by atoms with van der Waals surface area (Å²) in [5, 5.41) is 9.55. The summed E-state index contributed by atoms with van der Waals surface area (Å²) in [7, 11) is 0. The lowest BCUT2D eigenvalue weighted by atomic mass is 10.0. The number of rotatable bonds is 4. The standard InChI is InChI=1S/C20H26F3N5O/c1-11(2)24-17-16-13(20(21,22)23)10-14(25-18(16)27-26-17)15-8-5-9-28(15)19(29)12-6-3-4-7-12/h10-12,15H,3-9H2,1-2H3,(H2,24,25,26,27). The van der Waals surface area contributed by atoms with E-state index < -0.39 is 17.8 Å². The van der Waals surface area contributed by atoms with E-state index in [-0.39, 0.29) is 40.4 Å². The van der Waals surface area contributed by atoms with Gasteiger partial charge in [-0.2, -0.15) is 18.3 Å². The Morgan fingerprint density at radius 1 is 1.24 bits per heavy atom. The maximum Gasteiger partial charge on any atom is 0.417 e. The van der Waals surface area contributed by atoms with Crippen LogP contribution >= 0.6 is 0 Å². The van der Waals surface area contributed by atoms with E-state index in [1.54, 1.807) is 4.90 Å². The second-order valence-electron chi connectivity index (χ2n) is 8.36. The molecule has 0 radical (unpaired) electrons. The Kier molecular flexibility index (Phi) is 5.16. The zero-order valence-corrected chi connectivity index (χ0v) is 16.6. The lowest BCUT2D eigenvalue weighted by molar-refractivity contribution is -0.136. The number of hydrogen-bond acceptors (Lipinski definition) is 4. The molecule has 2 fully saturated rings. The molecule has 9 heteroatoms. The molecule has 2 aromatic heterocycles. The molecule has 0 aromatic carbocycles. The van der Waals surface area contributed by atoms with Crippen molar-refractivity contribution in [2.45, 2.75) is 70.6 Å². The third-order valence-electron chi connectivity index (χ3n) is 5.86. The van der Waals surface area contributed by atoms with E-state index in [2.05, 4.69) is 20.5 Å². The summed E-state index contributed by atoms with van der Waals surface area (Å²) in [6.45, 7) is 4.24. The fourth-order valence-corrected chi connectivity index (χ4v) is 4.57. The highest BCUT2D eigenvalue weighted by atomic mass is 19.4. The van der Waals surface area contributed by atoms with Crippen LogP contribution in [0.1, 0.15) is 69.7 Å². The number of pyridine rings is 1. The molecule has 6 nitrogen and oxygen atoms in total. The number of fused-ring (bicyclic) bond motifs is 1. The van der Waals surface area contributed by atoms with Crippen LogP contribution in [-0.2, 0) is 11.0 Å². The third kappa shape index (κ3) is 3.79. The lowest BCUT2D eigenvalue weighted by Crippen LogP contribution is -2.35. The smallest absolute Gasteiger partial charge is 0.366 e. The average molecular weight is 409 g/mol. The molecule has 1 aliphatic carbocycles. The number of nitrogens with zero attached hydrogens (tertiary/aromatic N) is 3. The molecule has 1 amide bonds. The highest BCUT2D eigenvalue weighted by Crippen LogP contribution is 2.41. The number of amides is 1. The SMILES string of the molecule is CC(C)Nc1n[nH]c2nc(C3CCCN3C(=O)C3CCCC3)cc(C(F)(F)F)c12. The summed E-state index contributed by atoms with van der Waals surface area (Å²) in [6, 6.07) is 0.615. The topological polar surface area (TPSA) is 73.9 Å². The molecule has 29 heavy (non-hydrogen) atoms. The molecule has 0 bridgehead atoms. The summed E-state index contributed by atoms with van der Waals surface area (Å²) >= 11 is 0. The normalized spacial score (nSPS) is 20.9. The molecule has 1 saturated carbocycles. The van der Waals surface area contributed by atoms with Gasteiger partial charge in [0.1, 0.15) is 0 Å². The van der Waals surface area contributed by atoms with E-state index >= 15 is 0 Å². The number of carbonyl (C=O) groups excluding carboxylic acids is 1. The predicted molar refractivity (Wildman–Crippen MR) is 103 cm³/mol. The van der Waals surface area contributed by atoms with Gasteiger partial charge in [0.2, 0.25) is 5.91 Å². The third-order valence-corrected chi connectivity index (χ3v) is 5.86. The van der Waals surface area contributed by atoms with Gasteiger partial charge in [0.05, 0.1) is 22.7 Å². The first-order chi connectivity index (χ1) is 13.8. The van der Waals surface area contributed by atoms with E-state index in [4.69, 9.17) is 0 Å². The Morgan fingerprint density at radius 3 is 2.62 bits per heavy atom. The zero-order valence-electron chi connectivity index (χ0n) is 16.6. The van der Waals surface area contributed by atoms with Gasteiger partial charge in [0.15, 0.2) is 11.5 Å². The average Bonchev–Trinajstić information content (AvgIpc) is 3.40. The van der Waals surface area contributed by atoms with Crippen LogP contribution in [0.25, 0.3) is 11.0 Å². The first kappa shape index (κ1) is 20.0. The molecular weight excluding hydrogens is 383 g/mol. The number of likely N-dealkylation sites (tertiary alicyclic amines) is 1. The van der Waals surface area contributed by atoms with Gasteiger partial charge in [-0.05, 0) is 45.6 Å². The zero-order chi connectivity index (χ0) is 20.8. The molecule has 4 rings (SSSR count). The summed E-state index contributed by atoms with van der Waals surface area (Å²) < 4.78 is 41.7. The Bertz CT molecular complexity index is 901. The maximum atomic E-state index is 13.9. The molecule has 1 aliphatic heterocycles. The van der Waals surface area contributed by atoms with Crippen LogP contribution in [0.3, 0.4) is 0 Å². The number of halogens is 3. The minimum Gasteiger partial charge on any atom is -0.366 e. The fourth-order valence-electron chi connectivity index (χ4n) is 4.57. The number of H-pyrrole nitrogens is 1. The number of aromatic nitrogens is 3. The Hall–Kier alpha value is -2.32. The molecule has 1 unspecified atom stereocenters. The van der Waals surface area contributed by atoms with Crippen molar-refractivity contribution in [2.24, 2.45) is 5.92 Å². The quantitative estimate of drug-likeness (QED) is 0.771. The van der Waals surface area contributed by atoms with Crippen LogP contribution in [0.5, 0.6) is 0 Å². The predicted octanol–water partition coefficient (Wildman–Crippen LogP) is 4.65. The van der Waals surface area contributed by atoms with Crippen LogP contribution < -0.4 is 5.32 Å². The minimum atomic E-state index is -4.55. The van der Waals surface area contributed by atoms with E-state index in [1.807, 2.05) is 13.8 Å². The van der Waals surface area contributed by atoms with Crippen molar-refractivity contribution in [3.05, 3.63) is 17.3 Å². The van der Waals surface area contributed by atoms with Crippen molar-refractivity contribution in [3.8, 4) is 0 Å². The first-order valence-electron chi connectivity index (χ1n) is 10.3. The summed E-state index contributed by atoms with van der Waals surface area (Å²) in [6.07, 6.45) is 0.660. The lowest BCUT2D eigenvalue weighted by Gasteiger charge is -2.27. The largest absolute Gasteiger partial charge is 0.417 e. The van der Waals surface area contributed by atoms with Crippen LogP contribution in [0.2, 0.25) is 0 Å². The molecule has 1 atom stereocenters. The molecule has 2 aliphatic rings. The molecule has 158 valence electrons. The van der Waals surface area contributed by atoms with E-state index in [0.29, 0.717) is 13.0 Å². The minimum absolute atomic E-state index is 0.00424. The Labute approximate surface area is 167 Å². The maximum absolute atomic E-state index is 13.9. The van der Waals surface area contributed by atoms with E-state index in [9.17, 15) is 18.0 Å². The van der Waals surface area contributed by atoms with Gasteiger partial charge < -0.3 is 10.2 Å². The van der Waals surface area contributed by atoms with Gasteiger partial charge in [0.25, 0.3) is 0 Å². The van der Waals surface area contributed by atoms with Gasteiger partial charge in [-0.3, -0.25) is 9.89 Å². The first-order valence-corrected chi connectivity index (χ1v) is 10.3. The number of alkyl halides is 3. The molecule has 0 spiro atoms. The summed E-state index contributed by atoms with van der Waals surface area (Å²) in [5.74, 6) is 0.203. The van der Waals surface area contributed by atoms with Crippen molar-refractivity contribution in [1.82, 2.24) is 20.1 Å².